The van der Waals surface area contributed by atoms with Gasteiger partial charge in [-0.05, 0) is 95.2 Å². The van der Waals surface area contributed by atoms with Gasteiger partial charge in [-0.3, -0.25) is 14.5 Å². The number of fused-ring (bicyclic) bond motifs is 1. The zero-order valence-electron chi connectivity index (χ0n) is 23.2. The maximum absolute atomic E-state index is 8.81. The Morgan fingerprint density at radius 3 is 2.45 bits per heavy atom. The summed E-state index contributed by atoms with van der Waals surface area (Å²) in [5, 5.41) is 4.37. The highest BCUT2D eigenvalue weighted by molar-refractivity contribution is 7.18. The van der Waals surface area contributed by atoms with Crippen LogP contribution in [0.25, 0.3) is 10.2 Å². The number of benzene rings is 1. The van der Waals surface area contributed by atoms with Gasteiger partial charge < -0.3 is 16.0 Å². The van der Waals surface area contributed by atoms with Crippen LogP contribution in [0, 0.1) is 0 Å². The lowest BCUT2D eigenvalue weighted by molar-refractivity contribution is -0.122. The molecule has 0 bridgehead atoms. The number of hydrogen-bond acceptors (Lipinski definition) is 9. The number of carbonyl (C=O) groups excluding carboxylic acids is 2. The number of hydrogen-bond donors (Lipinski definition) is 2. The summed E-state index contributed by atoms with van der Waals surface area (Å²) in [5.74, 6) is 1.30. The third-order valence-corrected chi connectivity index (χ3v) is 8.58. The fourth-order valence-electron chi connectivity index (χ4n) is 5.04. The predicted molar refractivity (Wildman–Crippen MR) is 158 cm³/mol. The fourth-order valence-corrected chi connectivity index (χ4v) is 6.15. The molecular formula is C29H42N6O2S. The molecule has 3 N–H and O–H groups in total. The van der Waals surface area contributed by atoms with Crippen LogP contribution in [0.2, 0.25) is 0 Å². The summed E-state index contributed by atoms with van der Waals surface area (Å²) < 4.78 is 1.36. The van der Waals surface area contributed by atoms with E-state index < -0.39 is 0 Å². The van der Waals surface area contributed by atoms with Crippen LogP contribution in [0.1, 0.15) is 67.1 Å². The quantitative estimate of drug-likeness (QED) is 0.349. The maximum Gasteiger partial charge on any atom is 0.182 e. The number of nitrogens with zero attached hydrogens (tertiary/aromatic N) is 4. The molecule has 5 rings (SSSR count). The number of aryl methyl sites for hydroxylation is 1. The van der Waals surface area contributed by atoms with Gasteiger partial charge in [0.2, 0.25) is 0 Å². The number of thiazole rings is 1. The van der Waals surface area contributed by atoms with Crippen molar-refractivity contribution in [1.82, 2.24) is 19.8 Å². The van der Waals surface area contributed by atoms with Crippen molar-refractivity contribution in [3.63, 3.8) is 0 Å². The van der Waals surface area contributed by atoms with Crippen molar-refractivity contribution in [3.05, 3.63) is 46.6 Å². The number of likely N-dealkylation sites (tertiary alicyclic amines) is 2. The predicted octanol–water partition coefficient (Wildman–Crippen LogP) is 4.91. The molecular weight excluding hydrogens is 496 g/mol. The Balaban J connectivity index is 0.000000223. The lowest BCUT2D eigenvalue weighted by Gasteiger charge is -2.32. The van der Waals surface area contributed by atoms with Gasteiger partial charge in [-0.2, -0.15) is 0 Å². The first-order valence-corrected chi connectivity index (χ1v) is 14.3. The zero-order valence-corrected chi connectivity index (χ0v) is 24.0. The summed E-state index contributed by atoms with van der Waals surface area (Å²) in [6, 6.07) is 9.61. The molecule has 1 aromatic carbocycles. The van der Waals surface area contributed by atoms with Crippen LogP contribution in [0.4, 0.5) is 11.5 Å². The molecule has 9 heteroatoms. The van der Waals surface area contributed by atoms with Gasteiger partial charge in [0.25, 0.3) is 0 Å². The highest BCUT2D eigenvalue weighted by Gasteiger charge is 2.23. The van der Waals surface area contributed by atoms with Crippen molar-refractivity contribution in [1.29, 1.82) is 0 Å². The molecule has 206 valence electrons. The summed E-state index contributed by atoms with van der Waals surface area (Å²) in [5.41, 5.74) is 10.4. The minimum Gasteiger partial charge on any atom is -0.387 e. The third-order valence-electron chi connectivity index (χ3n) is 7.38. The summed E-state index contributed by atoms with van der Waals surface area (Å²) in [7, 11) is 6.35. The first-order chi connectivity index (χ1) is 18.4. The van der Waals surface area contributed by atoms with Gasteiger partial charge in [0.15, 0.2) is 12.6 Å². The smallest absolute Gasteiger partial charge is 0.182 e. The Bertz CT molecular complexity index is 1170. The van der Waals surface area contributed by atoms with E-state index >= 15 is 0 Å². The second-order valence-corrected chi connectivity index (χ2v) is 11.1. The van der Waals surface area contributed by atoms with E-state index in [4.69, 9.17) is 20.3 Å². The molecule has 0 saturated carbocycles. The molecule has 4 heterocycles. The molecule has 8 nitrogen and oxygen atoms in total. The van der Waals surface area contributed by atoms with E-state index in [0.29, 0.717) is 17.8 Å². The van der Waals surface area contributed by atoms with Crippen molar-refractivity contribution >= 4 is 45.6 Å². The standard InChI is InChI=1S/C19H27N3S.C8H13N3.C2H2O2/c1-21-11-8-14(9-12-21)19-20-16-13-15(6-7-18(16)23-19)17-5-3-4-10-22(17)2;1-3-6-4-7(10-2)5-11-8(6)9;3-1-2-4/h6-7,13-14,17H,3-5,8-12H2,1-2H3;4-5,10H,3H2,1-2H3,(H2,9,11);1-2H. The number of pyridine rings is 1. The highest BCUT2D eigenvalue weighted by atomic mass is 32.1. The lowest BCUT2D eigenvalue weighted by atomic mass is 9.95. The van der Waals surface area contributed by atoms with Crippen LogP contribution in [-0.4, -0.2) is 73.1 Å². The van der Waals surface area contributed by atoms with Crippen molar-refractivity contribution in [2.24, 2.45) is 0 Å². The Kier molecular flexibility index (Phi) is 11.6. The molecule has 0 radical (unpaired) electrons. The van der Waals surface area contributed by atoms with E-state index in [-0.39, 0.29) is 12.6 Å². The Morgan fingerprint density at radius 1 is 1.08 bits per heavy atom. The van der Waals surface area contributed by atoms with E-state index in [1.165, 1.54) is 72.5 Å². The van der Waals surface area contributed by atoms with Crippen molar-refractivity contribution in [3.8, 4) is 0 Å². The summed E-state index contributed by atoms with van der Waals surface area (Å²) >= 11 is 1.92. The number of nitrogens with two attached hydrogens (primary N) is 1. The van der Waals surface area contributed by atoms with Crippen LogP contribution in [-0.2, 0) is 16.0 Å². The molecule has 38 heavy (non-hydrogen) atoms. The average Bonchev–Trinajstić information content (AvgIpc) is 3.38. The number of aldehydes is 2. The molecule has 1 unspecified atom stereocenters. The molecule has 0 aliphatic carbocycles. The molecule has 0 spiro atoms. The van der Waals surface area contributed by atoms with Gasteiger partial charge >= 0.3 is 0 Å². The monoisotopic (exact) mass is 538 g/mol. The minimum atomic E-state index is 0.194. The van der Waals surface area contributed by atoms with Gasteiger partial charge in [-0.25, -0.2) is 9.97 Å². The van der Waals surface area contributed by atoms with Crippen LogP contribution in [0.3, 0.4) is 0 Å². The van der Waals surface area contributed by atoms with Crippen LogP contribution < -0.4 is 11.1 Å². The van der Waals surface area contributed by atoms with Crippen molar-refractivity contribution < 1.29 is 9.59 Å². The van der Waals surface area contributed by atoms with E-state index in [1.807, 2.05) is 24.5 Å². The van der Waals surface area contributed by atoms with Crippen LogP contribution in [0.5, 0.6) is 0 Å². The van der Waals surface area contributed by atoms with Crippen molar-refractivity contribution in [2.45, 2.75) is 57.4 Å². The van der Waals surface area contributed by atoms with Gasteiger partial charge in [0, 0.05) is 19.0 Å². The molecule has 2 aromatic heterocycles. The molecule has 2 aliphatic rings. The van der Waals surface area contributed by atoms with Gasteiger partial charge in [0.05, 0.1) is 27.1 Å². The Morgan fingerprint density at radius 2 is 1.82 bits per heavy atom. The topological polar surface area (TPSA) is 104 Å². The average molecular weight is 539 g/mol. The van der Waals surface area contributed by atoms with E-state index in [2.05, 4.69) is 59.3 Å². The molecule has 0 amide bonds. The number of aromatic nitrogens is 2. The number of carbonyl (C=O) groups is 2. The maximum atomic E-state index is 8.81. The van der Waals surface area contributed by atoms with E-state index in [0.717, 1.165) is 17.7 Å². The second kappa shape index (κ2) is 14.9. The third kappa shape index (κ3) is 8.06. The molecule has 2 fully saturated rings. The summed E-state index contributed by atoms with van der Waals surface area (Å²) in [6.07, 6.45) is 9.54. The number of anilines is 2. The summed E-state index contributed by atoms with van der Waals surface area (Å²) in [6.45, 7) is 5.70. The molecule has 2 aliphatic heterocycles. The van der Waals surface area contributed by atoms with E-state index in [9.17, 15) is 0 Å². The van der Waals surface area contributed by atoms with Gasteiger partial charge in [-0.1, -0.05) is 19.4 Å². The van der Waals surface area contributed by atoms with Crippen molar-refractivity contribution in [2.75, 3.05) is 51.8 Å². The zero-order chi connectivity index (χ0) is 27.5. The summed E-state index contributed by atoms with van der Waals surface area (Å²) in [4.78, 5) is 31.6. The fraction of sp³-hybridized carbons (Fsp3) is 0.517. The lowest BCUT2D eigenvalue weighted by Crippen LogP contribution is -2.29. The first-order valence-electron chi connectivity index (χ1n) is 13.5. The van der Waals surface area contributed by atoms with Crippen LogP contribution >= 0.6 is 11.3 Å². The van der Waals surface area contributed by atoms with Crippen LogP contribution in [0.15, 0.2) is 30.5 Å². The largest absolute Gasteiger partial charge is 0.387 e. The number of rotatable bonds is 5. The minimum absolute atomic E-state index is 0.194. The number of nitrogens with one attached hydrogen (secondary N) is 1. The second-order valence-electron chi connectivity index (χ2n) is 9.99. The van der Waals surface area contributed by atoms with Gasteiger partial charge in [-0.15, -0.1) is 11.3 Å². The number of piperidine rings is 2. The Hall–Kier alpha value is -2.88. The normalized spacial score (nSPS) is 18.6. The first kappa shape index (κ1) is 29.7. The SMILES string of the molecule is CCc1cc(NC)cnc1N.CN1CCC(c2nc3cc(C4CCCCN4C)ccc3s2)CC1.O=CC=O. The molecule has 1 atom stereocenters. The number of nitrogen functional groups attached to an aromatic ring is 1. The molecule has 3 aromatic rings. The highest BCUT2D eigenvalue weighted by Crippen LogP contribution is 2.36. The van der Waals surface area contributed by atoms with E-state index in [1.54, 1.807) is 6.20 Å². The van der Waals surface area contributed by atoms with Gasteiger partial charge in [0.1, 0.15) is 5.82 Å². The molecule has 2 saturated heterocycles. The Labute approximate surface area is 230 Å².